The van der Waals surface area contributed by atoms with Gasteiger partial charge in [0.25, 0.3) is 0 Å². The van der Waals surface area contributed by atoms with Crippen molar-refractivity contribution in [1.82, 2.24) is 15.0 Å². The van der Waals surface area contributed by atoms with E-state index in [0.29, 0.717) is 22.6 Å². The van der Waals surface area contributed by atoms with Gasteiger partial charge in [-0.15, -0.1) is 0 Å². The number of nitrogens with one attached hydrogen (secondary N) is 1. The third kappa shape index (κ3) is 3.45. The highest BCUT2D eigenvalue weighted by atomic mass is 35.5. The second-order valence-corrected chi connectivity index (χ2v) is 11.5. The zero-order valence-electron chi connectivity index (χ0n) is 17.8. The fourth-order valence-electron chi connectivity index (χ4n) is 5.57. The highest BCUT2D eigenvalue weighted by molar-refractivity contribution is 7.85. The summed E-state index contributed by atoms with van der Waals surface area (Å²) in [5.41, 5.74) is 1.58. The van der Waals surface area contributed by atoms with E-state index in [1.54, 1.807) is 12.4 Å². The maximum absolute atomic E-state index is 12.7. The van der Waals surface area contributed by atoms with Crippen molar-refractivity contribution in [2.24, 2.45) is 11.8 Å². The first kappa shape index (κ1) is 20.6. The molecule has 3 unspecified atom stereocenters. The van der Waals surface area contributed by atoms with Crippen molar-refractivity contribution in [2.75, 3.05) is 53.7 Å². The van der Waals surface area contributed by atoms with Gasteiger partial charge in [-0.2, -0.15) is 0 Å². The molecule has 4 aliphatic rings. The molecule has 2 aromatic heterocycles. The smallest absolute Gasteiger partial charge is 0.225 e. The van der Waals surface area contributed by atoms with Crippen LogP contribution in [0, 0.1) is 11.8 Å². The Balaban J connectivity index is 1.22. The molecule has 1 aliphatic carbocycles. The summed E-state index contributed by atoms with van der Waals surface area (Å²) in [4.78, 5) is 19.2. The van der Waals surface area contributed by atoms with Gasteiger partial charge in [0.05, 0.1) is 56.6 Å². The van der Waals surface area contributed by atoms with Gasteiger partial charge in [-0.05, 0) is 19.3 Å². The van der Waals surface area contributed by atoms with E-state index in [2.05, 4.69) is 31.2 Å². The van der Waals surface area contributed by atoms with Crippen LogP contribution in [0.25, 0.3) is 0 Å². The van der Waals surface area contributed by atoms with Gasteiger partial charge in [0, 0.05) is 56.3 Å². The Morgan fingerprint density at radius 3 is 2.47 bits per heavy atom. The largest absolute Gasteiger partial charge is 0.394 e. The zero-order valence-corrected chi connectivity index (χ0v) is 19.4. The van der Waals surface area contributed by atoms with E-state index in [-0.39, 0.29) is 12.1 Å². The lowest BCUT2D eigenvalue weighted by Gasteiger charge is -2.42. The normalized spacial score (nSPS) is 27.9. The maximum Gasteiger partial charge on any atom is 0.225 e. The maximum atomic E-state index is 12.7. The summed E-state index contributed by atoms with van der Waals surface area (Å²) in [5.74, 6) is 3.40. The van der Waals surface area contributed by atoms with Crippen LogP contribution in [0.15, 0.2) is 23.4 Å². The van der Waals surface area contributed by atoms with Gasteiger partial charge in [0.15, 0.2) is 0 Å². The zero-order chi connectivity index (χ0) is 21.9. The molecule has 2 saturated heterocycles. The molecule has 3 atom stereocenters. The minimum atomic E-state index is -1.02. The van der Waals surface area contributed by atoms with Crippen molar-refractivity contribution >= 4 is 39.9 Å². The molecule has 32 heavy (non-hydrogen) atoms. The van der Waals surface area contributed by atoms with Crippen molar-refractivity contribution in [3.8, 4) is 0 Å². The van der Waals surface area contributed by atoms with Gasteiger partial charge in [-0.3, -0.25) is 4.21 Å². The lowest BCUT2D eigenvalue weighted by atomic mass is 9.77. The molecule has 2 aromatic rings. The summed E-state index contributed by atoms with van der Waals surface area (Å²) in [7, 11) is -1.02. The molecule has 10 heteroatoms. The molecule has 0 amide bonds. The third-order valence-electron chi connectivity index (χ3n) is 7.49. The molecule has 0 bridgehead atoms. The Bertz CT molecular complexity index is 1040. The topological polar surface area (TPSA) is 94.5 Å². The Kier molecular flexibility index (Phi) is 5.04. The van der Waals surface area contributed by atoms with Gasteiger partial charge in [0.1, 0.15) is 5.82 Å². The van der Waals surface area contributed by atoms with E-state index in [0.717, 1.165) is 79.9 Å². The molecule has 0 spiro atoms. The Hall–Kier alpha value is -1.97. The van der Waals surface area contributed by atoms with Crippen LogP contribution in [0.1, 0.15) is 25.0 Å². The van der Waals surface area contributed by atoms with Crippen molar-refractivity contribution in [3.05, 3.63) is 29.2 Å². The fourth-order valence-corrected chi connectivity index (χ4v) is 7.01. The first-order valence-electron chi connectivity index (χ1n) is 11.3. The molecule has 1 saturated carbocycles. The highest BCUT2D eigenvalue weighted by Gasteiger charge is 2.42. The summed E-state index contributed by atoms with van der Waals surface area (Å²) in [5, 5.41) is 14.1. The van der Waals surface area contributed by atoms with Crippen LogP contribution in [0.2, 0.25) is 5.02 Å². The highest BCUT2D eigenvalue weighted by Crippen LogP contribution is 2.41. The number of aliphatic hydroxyl groups excluding tert-OH is 1. The number of pyridine rings is 1. The quantitative estimate of drug-likeness (QED) is 0.680. The predicted octanol–water partition coefficient (Wildman–Crippen LogP) is 2.09. The SMILES string of the molecule is O=S1CCc2nc(N3CC4CN(c5ncc(Cl)cn5)CC4C3)cc(NC3(CO)CCC3)c21. The molecular weight excluding hydrogens is 448 g/mol. The van der Waals surface area contributed by atoms with Crippen molar-refractivity contribution < 1.29 is 9.32 Å². The van der Waals surface area contributed by atoms with Crippen LogP contribution in [-0.4, -0.2) is 68.3 Å². The van der Waals surface area contributed by atoms with Crippen molar-refractivity contribution in [1.29, 1.82) is 0 Å². The monoisotopic (exact) mass is 474 g/mol. The van der Waals surface area contributed by atoms with Crippen LogP contribution in [0.5, 0.6) is 0 Å². The first-order valence-corrected chi connectivity index (χ1v) is 13.0. The number of rotatable bonds is 5. The molecule has 8 nitrogen and oxygen atoms in total. The van der Waals surface area contributed by atoms with Gasteiger partial charge >= 0.3 is 0 Å². The summed E-state index contributed by atoms with van der Waals surface area (Å²) >= 11 is 5.93. The van der Waals surface area contributed by atoms with E-state index in [9.17, 15) is 9.32 Å². The number of halogens is 1. The number of hydrogen-bond acceptors (Lipinski definition) is 8. The van der Waals surface area contributed by atoms with Crippen LogP contribution >= 0.6 is 11.6 Å². The molecule has 0 aromatic carbocycles. The standard InChI is InChI=1S/C22H27ClN6O2S/c23-16-7-24-21(25-8-16)29-11-14-9-28(10-15(14)12-29)19-6-18(27-22(13-30)3-1-4-22)20-17(26-19)2-5-32(20)31/h6-8,14-15,30H,1-5,9-13H2,(H,26,27). The second-order valence-electron chi connectivity index (χ2n) is 9.55. The molecule has 5 heterocycles. The van der Waals surface area contributed by atoms with E-state index >= 15 is 0 Å². The van der Waals surface area contributed by atoms with E-state index < -0.39 is 10.8 Å². The molecule has 6 rings (SSSR count). The van der Waals surface area contributed by atoms with Crippen LogP contribution < -0.4 is 15.1 Å². The minimum absolute atomic E-state index is 0.0997. The number of hydrogen-bond donors (Lipinski definition) is 2. The van der Waals surface area contributed by atoms with Crippen LogP contribution in [-0.2, 0) is 17.2 Å². The number of aryl methyl sites for hydroxylation is 1. The van der Waals surface area contributed by atoms with E-state index in [1.807, 2.05) is 0 Å². The van der Waals surface area contributed by atoms with Crippen molar-refractivity contribution in [3.63, 3.8) is 0 Å². The minimum Gasteiger partial charge on any atom is -0.394 e. The molecule has 3 fully saturated rings. The second kappa shape index (κ2) is 7.81. The van der Waals surface area contributed by atoms with Gasteiger partial charge in [0.2, 0.25) is 5.95 Å². The lowest BCUT2D eigenvalue weighted by molar-refractivity contribution is 0.144. The molecule has 2 N–H and O–H groups in total. The van der Waals surface area contributed by atoms with E-state index in [1.165, 1.54) is 0 Å². The molecular formula is C22H27ClN6O2S. The predicted molar refractivity (Wildman–Crippen MR) is 125 cm³/mol. The van der Waals surface area contributed by atoms with Crippen molar-refractivity contribution in [2.45, 2.75) is 36.1 Å². The average molecular weight is 475 g/mol. The lowest BCUT2D eigenvalue weighted by Crippen LogP contribution is -2.48. The van der Waals surface area contributed by atoms with E-state index in [4.69, 9.17) is 16.6 Å². The Labute approximate surface area is 194 Å². The van der Waals surface area contributed by atoms with Crippen LogP contribution in [0.3, 0.4) is 0 Å². The average Bonchev–Trinajstić information content (AvgIpc) is 3.44. The summed E-state index contributed by atoms with van der Waals surface area (Å²) < 4.78 is 12.7. The number of aliphatic hydroxyl groups is 1. The third-order valence-corrected chi connectivity index (χ3v) is 9.18. The molecule has 3 aliphatic heterocycles. The Morgan fingerprint density at radius 2 is 1.84 bits per heavy atom. The van der Waals surface area contributed by atoms with Gasteiger partial charge in [-0.25, -0.2) is 15.0 Å². The van der Waals surface area contributed by atoms with Gasteiger partial charge in [-0.1, -0.05) is 11.6 Å². The molecule has 170 valence electrons. The number of anilines is 3. The van der Waals surface area contributed by atoms with Crippen LogP contribution in [0.4, 0.5) is 17.5 Å². The Morgan fingerprint density at radius 1 is 1.16 bits per heavy atom. The number of aromatic nitrogens is 3. The number of fused-ring (bicyclic) bond motifs is 2. The first-order chi connectivity index (χ1) is 15.5. The summed E-state index contributed by atoms with van der Waals surface area (Å²) in [6.45, 7) is 3.83. The molecule has 0 radical (unpaired) electrons. The summed E-state index contributed by atoms with van der Waals surface area (Å²) in [6.07, 6.45) is 7.05. The van der Waals surface area contributed by atoms with Gasteiger partial charge < -0.3 is 20.2 Å². The fraction of sp³-hybridized carbons (Fsp3) is 0.591. The number of nitrogens with zero attached hydrogens (tertiary/aromatic N) is 5. The summed E-state index contributed by atoms with van der Waals surface area (Å²) in [6, 6.07) is 2.07.